The molecule has 0 aromatic carbocycles. The van der Waals surface area contributed by atoms with Gasteiger partial charge in [0, 0.05) is 25.9 Å². The van der Waals surface area contributed by atoms with Gasteiger partial charge >= 0.3 is 0 Å². The van der Waals surface area contributed by atoms with Crippen LogP contribution in [0.15, 0.2) is 6.20 Å². The molecule has 0 aliphatic heterocycles. The number of aliphatic hydroxyl groups is 1. The normalized spacial score (nSPS) is 10.7. The van der Waals surface area contributed by atoms with E-state index in [0.29, 0.717) is 0 Å². The van der Waals surface area contributed by atoms with E-state index in [1.54, 1.807) is 0 Å². The molecule has 1 aromatic heterocycles. The minimum atomic E-state index is 0.280. The highest BCUT2D eigenvalue weighted by atomic mass is 16.2. The summed E-state index contributed by atoms with van der Waals surface area (Å²) in [6, 6.07) is 0. The Bertz CT molecular complexity index is 249. The molecule has 0 aliphatic carbocycles. The summed E-state index contributed by atoms with van der Waals surface area (Å²) >= 11 is 0. The minimum absolute atomic E-state index is 0.280. The van der Waals surface area contributed by atoms with Crippen molar-refractivity contribution >= 4 is 0 Å². The lowest BCUT2D eigenvalue weighted by Crippen LogP contribution is -2.05. The van der Waals surface area contributed by atoms with Crippen LogP contribution < -0.4 is 5.32 Å². The van der Waals surface area contributed by atoms with E-state index in [1.165, 1.54) is 0 Å². The molecule has 5 nitrogen and oxygen atoms in total. The van der Waals surface area contributed by atoms with Crippen LogP contribution in [0.2, 0.25) is 0 Å². The molecule has 1 rings (SSSR count). The number of hydrogen-bond donors (Lipinski definition) is 2. The minimum Gasteiger partial charge on any atom is -0.396 e. The highest BCUT2D eigenvalue weighted by Gasteiger charge is 1.98. The third-order valence-corrected chi connectivity index (χ3v) is 1.99. The van der Waals surface area contributed by atoms with Crippen molar-refractivity contribution in [2.75, 3.05) is 13.7 Å². The predicted octanol–water partition coefficient (Wildman–Crippen LogP) is 0.160. The maximum atomic E-state index is 8.59. The fourth-order valence-electron chi connectivity index (χ4n) is 1.27. The van der Waals surface area contributed by atoms with Crippen molar-refractivity contribution in [3.8, 4) is 0 Å². The average Bonchev–Trinajstić information content (AvgIpc) is 2.61. The van der Waals surface area contributed by atoms with Gasteiger partial charge in [0.25, 0.3) is 0 Å². The zero-order chi connectivity index (χ0) is 10.2. The Morgan fingerprint density at radius 2 is 2.29 bits per heavy atom. The van der Waals surface area contributed by atoms with Gasteiger partial charge in [-0.25, -0.2) is 0 Å². The second kappa shape index (κ2) is 6.50. The molecule has 0 unspecified atom stereocenters. The van der Waals surface area contributed by atoms with Crippen molar-refractivity contribution in [1.29, 1.82) is 0 Å². The van der Waals surface area contributed by atoms with Crippen LogP contribution in [0.5, 0.6) is 0 Å². The van der Waals surface area contributed by atoms with E-state index in [-0.39, 0.29) is 6.61 Å². The summed E-state index contributed by atoms with van der Waals surface area (Å²) in [6.45, 7) is 1.93. The monoisotopic (exact) mass is 198 g/mol. The first-order valence-electron chi connectivity index (χ1n) is 5.01. The molecule has 1 heterocycles. The first-order chi connectivity index (χ1) is 6.86. The fourth-order valence-corrected chi connectivity index (χ4v) is 1.27. The summed E-state index contributed by atoms with van der Waals surface area (Å²) in [4.78, 5) is 0. The third kappa shape index (κ3) is 3.85. The van der Waals surface area contributed by atoms with E-state index in [2.05, 4.69) is 15.6 Å². The molecule has 1 aromatic rings. The van der Waals surface area contributed by atoms with Crippen molar-refractivity contribution in [1.82, 2.24) is 20.3 Å². The van der Waals surface area contributed by atoms with E-state index in [9.17, 15) is 0 Å². The van der Waals surface area contributed by atoms with E-state index in [1.807, 2.05) is 17.9 Å². The Labute approximate surface area is 84.1 Å². The summed E-state index contributed by atoms with van der Waals surface area (Å²) in [7, 11) is 1.89. The first-order valence-corrected chi connectivity index (χ1v) is 5.01. The molecule has 0 aliphatic rings. The Morgan fingerprint density at radius 3 is 3.00 bits per heavy atom. The second-order valence-corrected chi connectivity index (χ2v) is 3.29. The quantitative estimate of drug-likeness (QED) is 0.613. The van der Waals surface area contributed by atoms with Crippen molar-refractivity contribution < 1.29 is 5.11 Å². The maximum Gasteiger partial charge on any atom is 0.0964 e. The molecule has 5 heteroatoms. The highest BCUT2D eigenvalue weighted by Crippen LogP contribution is 1.98. The van der Waals surface area contributed by atoms with Gasteiger partial charge < -0.3 is 10.4 Å². The molecule has 0 bridgehead atoms. The number of aryl methyl sites for hydroxylation is 1. The summed E-state index contributed by atoms with van der Waals surface area (Å²) in [6.07, 6.45) is 4.91. The lowest BCUT2D eigenvalue weighted by Gasteiger charge is -1.98. The molecule has 14 heavy (non-hydrogen) atoms. The van der Waals surface area contributed by atoms with Gasteiger partial charge in [-0.3, -0.25) is 4.68 Å². The maximum absolute atomic E-state index is 8.59. The number of aromatic nitrogens is 3. The molecule has 0 atom stereocenters. The Hall–Kier alpha value is -0.940. The molecule has 0 saturated heterocycles. The van der Waals surface area contributed by atoms with Crippen molar-refractivity contribution in [2.45, 2.75) is 32.4 Å². The summed E-state index contributed by atoms with van der Waals surface area (Å²) in [5.74, 6) is 0. The fraction of sp³-hybridized carbons (Fsp3) is 0.778. The second-order valence-electron chi connectivity index (χ2n) is 3.29. The lowest BCUT2D eigenvalue weighted by atomic mass is 10.2. The van der Waals surface area contributed by atoms with Gasteiger partial charge in [0.2, 0.25) is 0 Å². The number of rotatable bonds is 7. The SMILES string of the molecule is CNCc1cn(CCCCCO)nn1. The van der Waals surface area contributed by atoms with Crippen molar-refractivity contribution in [2.24, 2.45) is 0 Å². The van der Waals surface area contributed by atoms with E-state index in [4.69, 9.17) is 5.11 Å². The topological polar surface area (TPSA) is 63.0 Å². The van der Waals surface area contributed by atoms with E-state index in [0.717, 1.165) is 38.0 Å². The molecular formula is C9H18N4O. The van der Waals surface area contributed by atoms with Gasteiger partial charge in [-0.05, 0) is 26.3 Å². The Balaban J connectivity index is 2.22. The number of unbranched alkanes of at least 4 members (excludes halogenated alkanes) is 2. The first kappa shape index (κ1) is 11.1. The Kier molecular flexibility index (Phi) is 5.17. The molecule has 2 N–H and O–H groups in total. The number of nitrogens with zero attached hydrogens (tertiary/aromatic N) is 3. The molecule has 0 saturated carbocycles. The largest absolute Gasteiger partial charge is 0.396 e. The van der Waals surface area contributed by atoms with Crippen LogP contribution in [-0.2, 0) is 13.1 Å². The van der Waals surface area contributed by atoms with E-state index >= 15 is 0 Å². The van der Waals surface area contributed by atoms with Crippen LogP contribution in [-0.4, -0.2) is 33.8 Å². The zero-order valence-electron chi connectivity index (χ0n) is 8.61. The molecule has 0 spiro atoms. The van der Waals surface area contributed by atoms with Gasteiger partial charge in [0.1, 0.15) is 0 Å². The van der Waals surface area contributed by atoms with Crippen LogP contribution >= 0.6 is 0 Å². The van der Waals surface area contributed by atoms with Gasteiger partial charge in [0.05, 0.1) is 5.69 Å². The molecule has 0 radical (unpaired) electrons. The number of aliphatic hydroxyl groups excluding tert-OH is 1. The van der Waals surface area contributed by atoms with Crippen LogP contribution in [0.1, 0.15) is 25.0 Å². The molecular weight excluding hydrogens is 180 g/mol. The molecule has 80 valence electrons. The smallest absolute Gasteiger partial charge is 0.0964 e. The summed E-state index contributed by atoms with van der Waals surface area (Å²) in [5.41, 5.74) is 0.967. The lowest BCUT2D eigenvalue weighted by molar-refractivity contribution is 0.281. The molecule has 0 fully saturated rings. The van der Waals surface area contributed by atoms with Crippen LogP contribution in [0.4, 0.5) is 0 Å². The van der Waals surface area contributed by atoms with Crippen LogP contribution in [0, 0.1) is 0 Å². The van der Waals surface area contributed by atoms with Crippen LogP contribution in [0.3, 0.4) is 0 Å². The van der Waals surface area contributed by atoms with Crippen molar-refractivity contribution in [3.63, 3.8) is 0 Å². The third-order valence-electron chi connectivity index (χ3n) is 1.99. The zero-order valence-corrected chi connectivity index (χ0v) is 8.61. The number of nitrogens with one attached hydrogen (secondary N) is 1. The van der Waals surface area contributed by atoms with Gasteiger partial charge in [-0.1, -0.05) is 5.21 Å². The van der Waals surface area contributed by atoms with Gasteiger partial charge in [0.15, 0.2) is 0 Å². The van der Waals surface area contributed by atoms with Crippen LogP contribution in [0.25, 0.3) is 0 Å². The van der Waals surface area contributed by atoms with Crippen molar-refractivity contribution in [3.05, 3.63) is 11.9 Å². The van der Waals surface area contributed by atoms with Gasteiger partial charge in [-0.2, -0.15) is 0 Å². The molecule has 0 amide bonds. The average molecular weight is 198 g/mol. The Morgan fingerprint density at radius 1 is 1.43 bits per heavy atom. The summed E-state index contributed by atoms with van der Waals surface area (Å²) in [5, 5.41) is 19.6. The highest BCUT2D eigenvalue weighted by molar-refractivity contribution is 4.90. The number of hydrogen-bond acceptors (Lipinski definition) is 4. The van der Waals surface area contributed by atoms with Gasteiger partial charge in [-0.15, -0.1) is 5.10 Å². The van der Waals surface area contributed by atoms with E-state index < -0.39 is 0 Å². The standard InChI is InChI=1S/C9H18N4O/c1-10-7-9-8-13(12-11-9)5-3-2-4-6-14/h8,10,14H,2-7H2,1H3. The summed E-state index contributed by atoms with van der Waals surface area (Å²) < 4.78 is 1.85. The predicted molar refractivity (Wildman–Crippen MR) is 53.7 cm³/mol.